The van der Waals surface area contributed by atoms with E-state index in [0.717, 1.165) is 22.9 Å². The summed E-state index contributed by atoms with van der Waals surface area (Å²) in [4.78, 5) is 10.6. The summed E-state index contributed by atoms with van der Waals surface area (Å²) < 4.78 is 27.0. The topological polar surface area (TPSA) is 55.1 Å². The number of thioether (sulfide) groups is 1. The van der Waals surface area contributed by atoms with Crippen LogP contribution in [0, 0.1) is 6.92 Å². The smallest absolute Gasteiger partial charge is 0.313 e. The standard InChI is InChI=1S/C14H14F2N2O2S/c1-9-4-2-3-5-10(9)7-18-12(21-8-13(19)20)6-11(17-18)14(15)16/h2-6,14H,7-8H2,1H3,(H,19,20). The van der Waals surface area contributed by atoms with Gasteiger partial charge < -0.3 is 5.11 Å². The lowest BCUT2D eigenvalue weighted by atomic mass is 10.1. The highest BCUT2D eigenvalue weighted by atomic mass is 32.2. The summed E-state index contributed by atoms with van der Waals surface area (Å²) in [6.45, 7) is 2.26. The third-order valence-electron chi connectivity index (χ3n) is 2.91. The first-order chi connectivity index (χ1) is 9.97. The van der Waals surface area contributed by atoms with E-state index in [-0.39, 0.29) is 11.4 Å². The molecule has 0 aliphatic carbocycles. The zero-order valence-electron chi connectivity index (χ0n) is 11.3. The van der Waals surface area contributed by atoms with Gasteiger partial charge in [0, 0.05) is 0 Å². The van der Waals surface area contributed by atoms with Gasteiger partial charge in [0.2, 0.25) is 0 Å². The van der Waals surface area contributed by atoms with Crippen LogP contribution in [0.1, 0.15) is 23.2 Å². The van der Waals surface area contributed by atoms with Crippen molar-refractivity contribution in [1.82, 2.24) is 9.78 Å². The van der Waals surface area contributed by atoms with Gasteiger partial charge in [0.1, 0.15) is 5.69 Å². The Hall–Kier alpha value is -1.89. The molecule has 7 heteroatoms. The zero-order valence-corrected chi connectivity index (χ0v) is 12.1. The van der Waals surface area contributed by atoms with Crippen LogP contribution in [0.3, 0.4) is 0 Å². The Balaban J connectivity index is 2.27. The van der Waals surface area contributed by atoms with Crippen LogP contribution in [0.2, 0.25) is 0 Å². The third kappa shape index (κ3) is 4.04. The van der Waals surface area contributed by atoms with E-state index in [1.54, 1.807) is 0 Å². The first-order valence-electron chi connectivity index (χ1n) is 6.22. The molecule has 0 bridgehead atoms. The van der Waals surface area contributed by atoms with Crippen molar-refractivity contribution < 1.29 is 18.7 Å². The minimum Gasteiger partial charge on any atom is -0.481 e. The molecule has 1 heterocycles. The van der Waals surface area contributed by atoms with Gasteiger partial charge in [-0.1, -0.05) is 36.0 Å². The van der Waals surface area contributed by atoms with Crippen LogP contribution in [0.25, 0.3) is 0 Å². The summed E-state index contributed by atoms with van der Waals surface area (Å²) >= 11 is 0.986. The molecule has 0 amide bonds. The van der Waals surface area contributed by atoms with E-state index in [1.807, 2.05) is 31.2 Å². The minimum absolute atomic E-state index is 0.192. The van der Waals surface area contributed by atoms with Gasteiger partial charge in [-0.05, 0) is 24.1 Å². The number of hydrogen-bond acceptors (Lipinski definition) is 3. The Kier molecular flexibility index (Phi) is 4.95. The summed E-state index contributed by atoms with van der Waals surface area (Å²) in [5.41, 5.74) is 1.65. The molecule has 0 atom stereocenters. The molecule has 0 saturated carbocycles. The molecule has 2 aromatic rings. The number of carboxylic acid groups (broad SMARTS) is 1. The second-order valence-corrected chi connectivity index (χ2v) is 5.47. The molecule has 0 saturated heterocycles. The average Bonchev–Trinajstić information content (AvgIpc) is 2.82. The maximum atomic E-state index is 12.8. The number of hydrogen-bond donors (Lipinski definition) is 1. The molecule has 112 valence electrons. The molecule has 1 aromatic heterocycles. The predicted molar refractivity (Wildman–Crippen MR) is 75.8 cm³/mol. The van der Waals surface area contributed by atoms with Crippen LogP contribution >= 0.6 is 11.8 Å². The van der Waals surface area contributed by atoms with Gasteiger partial charge in [0.15, 0.2) is 0 Å². The van der Waals surface area contributed by atoms with Gasteiger partial charge in [0.05, 0.1) is 17.3 Å². The molecule has 0 unspecified atom stereocenters. The fourth-order valence-corrected chi connectivity index (χ4v) is 2.57. The zero-order chi connectivity index (χ0) is 15.4. The molecule has 1 aromatic carbocycles. The van der Waals surface area contributed by atoms with Crippen LogP contribution in [0.4, 0.5) is 8.78 Å². The molecular weight excluding hydrogens is 298 g/mol. The number of carboxylic acids is 1. The second kappa shape index (κ2) is 6.71. The molecular formula is C14H14F2N2O2S. The predicted octanol–water partition coefficient (Wildman–Crippen LogP) is 3.35. The van der Waals surface area contributed by atoms with E-state index < -0.39 is 12.4 Å². The molecule has 4 nitrogen and oxygen atoms in total. The van der Waals surface area contributed by atoms with Crippen LogP contribution < -0.4 is 0 Å². The van der Waals surface area contributed by atoms with E-state index in [9.17, 15) is 13.6 Å². The first-order valence-corrected chi connectivity index (χ1v) is 7.21. The Bertz CT molecular complexity index is 644. The largest absolute Gasteiger partial charge is 0.481 e. The normalized spacial score (nSPS) is 11.0. The summed E-state index contributed by atoms with van der Waals surface area (Å²) in [6, 6.07) is 8.83. The minimum atomic E-state index is -2.67. The Labute approximate surface area is 124 Å². The van der Waals surface area contributed by atoms with E-state index in [4.69, 9.17) is 5.11 Å². The van der Waals surface area contributed by atoms with Crippen molar-refractivity contribution in [2.75, 3.05) is 5.75 Å². The van der Waals surface area contributed by atoms with Crippen LogP contribution in [-0.4, -0.2) is 26.6 Å². The van der Waals surface area contributed by atoms with Crippen molar-refractivity contribution in [1.29, 1.82) is 0 Å². The fraction of sp³-hybridized carbons (Fsp3) is 0.286. The number of nitrogens with zero attached hydrogens (tertiary/aromatic N) is 2. The van der Waals surface area contributed by atoms with E-state index >= 15 is 0 Å². The maximum absolute atomic E-state index is 12.8. The summed E-state index contributed by atoms with van der Waals surface area (Å²) in [5, 5.41) is 13.0. The van der Waals surface area contributed by atoms with Gasteiger partial charge in [-0.3, -0.25) is 9.48 Å². The number of carbonyl (C=O) groups is 1. The van der Waals surface area contributed by atoms with Crippen LogP contribution in [-0.2, 0) is 11.3 Å². The van der Waals surface area contributed by atoms with Gasteiger partial charge in [-0.2, -0.15) is 5.10 Å². The van der Waals surface area contributed by atoms with Gasteiger partial charge in [-0.15, -0.1) is 0 Å². The third-order valence-corrected chi connectivity index (χ3v) is 3.93. The summed E-state index contributed by atoms with van der Waals surface area (Å²) in [6.07, 6.45) is -2.67. The highest BCUT2D eigenvalue weighted by Crippen LogP contribution is 2.26. The highest BCUT2D eigenvalue weighted by molar-refractivity contribution is 7.99. The van der Waals surface area contributed by atoms with Gasteiger partial charge in [0.25, 0.3) is 6.43 Å². The van der Waals surface area contributed by atoms with Crippen molar-refractivity contribution in [3.05, 3.63) is 47.2 Å². The number of aliphatic carboxylic acids is 1. The number of rotatable bonds is 6. The number of benzene rings is 1. The maximum Gasteiger partial charge on any atom is 0.313 e. The van der Waals surface area contributed by atoms with E-state index in [1.165, 1.54) is 10.7 Å². The second-order valence-electron chi connectivity index (χ2n) is 4.47. The Morgan fingerprint density at radius 2 is 2.14 bits per heavy atom. The number of aryl methyl sites for hydroxylation is 1. The molecule has 0 spiro atoms. The lowest BCUT2D eigenvalue weighted by Gasteiger charge is -2.08. The monoisotopic (exact) mass is 312 g/mol. The highest BCUT2D eigenvalue weighted by Gasteiger charge is 2.17. The van der Waals surface area contributed by atoms with Crippen molar-refractivity contribution in [3.63, 3.8) is 0 Å². The van der Waals surface area contributed by atoms with Crippen molar-refractivity contribution >= 4 is 17.7 Å². The van der Waals surface area contributed by atoms with Crippen molar-refractivity contribution in [3.8, 4) is 0 Å². The fourth-order valence-electron chi connectivity index (χ4n) is 1.84. The van der Waals surface area contributed by atoms with Gasteiger partial charge >= 0.3 is 5.97 Å². The van der Waals surface area contributed by atoms with Crippen molar-refractivity contribution in [2.24, 2.45) is 0 Å². The Morgan fingerprint density at radius 3 is 2.76 bits per heavy atom. The van der Waals surface area contributed by atoms with Crippen LogP contribution in [0.15, 0.2) is 35.4 Å². The molecule has 0 aliphatic rings. The number of halogens is 2. The quantitative estimate of drug-likeness (QED) is 0.831. The first kappa shape index (κ1) is 15.5. The molecule has 0 fully saturated rings. The summed E-state index contributed by atoms with van der Waals surface area (Å²) in [7, 11) is 0. The SMILES string of the molecule is Cc1ccccc1Cn1nc(C(F)F)cc1SCC(=O)O. The Morgan fingerprint density at radius 1 is 1.43 bits per heavy atom. The number of alkyl halides is 2. The van der Waals surface area contributed by atoms with E-state index in [2.05, 4.69) is 5.10 Å². The molecule has 21 heavy (non-hydrogen) atoms. The molecule has 2 rings (SSSR count). The lowest BCUT2D eigenvalue weighted by Crippen LogP contribution is -2.06. The molecule has 0 aliphatic heterocycles. The summed E-state index contributed by atoms with van der Waals surface area (Å²) in [5.74, 6) is -1.19. The van der Waals surface area contributed by atoms with Crippen molar-refractivity contribution in [2.45, 2.75) is 24.9 Å². The van der Waals surface area contributed by atoms with Gasteiger partial charge in [-0.25, -0.2) is 8.78 Å². The van der Waals surface area contributed by atoms with Crippen LogP contribution in [0.5, 0.6) is 0 Å². The average molecular weight is 312 g/mol. The molecule has 1 N–H and O–H groups in total. The number of aromatic nitrogens is 2. The molecule has 0 radical (unpaired) electrons. The lowest BCUT2D eigenvalue weighted by molar-refractivity contribution is -0.133. The van der Waals surface area contributed by atoms with E-state index in [0.29, 0.717) is 11.6 Å².